The molecular weight excluding hydrogens is 725 g/mol. The van der Waals surface area contributed by atoms with Gasteiger partial charge in [-0.25, -0.2) is 0 Å². The van der Waals surface area contributed by atoms with Gasteiger partial charge in [0, 0.05) is 43.3 Å². The van der Waals surface area contributed by atoms with Gasteiger partial charge in [0.25, 0.3) is 0 Å². The number of hydrogen-bond donors (Lipinski definition) is 0. The summed E-state index contributed by atoms with van der Waals surface area (Å²) in [7, 11) is 0. The molecule has 12 rings (SSSR count). The molecule has 0 aliphatic carbocycles. The SMILES string of the molecule is c1ccc(-n2c3ccc(-c4ccc(N(c5ccc(-c6cccc7ccccc67)cc5)c5cccc6c5sc5ccccc56)cc4)cc3c3c4ccccc4oc32)cc1. The molecule has 272 valence electrons. The molecular formula is C54H34N2OS. The Bertz CT molecular complexity index is 3500. The van der Waals surface area contributed by atoms with E-state index in [1.54, 1.807) is 0 Å². The van der Waals surface area contributed by atoms with Crippen LogP contribution in [0.25, 0.3) is 91.9 Å². The molecule has 0 spiro atoms. The van der Waals surface area contributed by atoms with Gasteiger partial charge in [-0.15, -0.1) is 11.3 Å². The third-order valence-electron chi connectivity index (χ3n) is 11.6. The summed E-state index contributed by atoms with van der Waals surface area (Å²) < 4.78 is 11.4. The maximum atomic E-state index is 6.55. The van der Waals surface area contributed by atoms with E-state index in [-0.39, 0.29) is 0 Å². The Morgan fingerprint density at radius 2 is 1.09 bits per heavy atom. The average Bonchev–Trinajstić information content (AvgIpc) is 3.96. The summed E-state index contributed by atoms with van der Waals surface area (Å²) in [5.41, 5.74) is 12.1. The van der Waals surface area contributed by atoms with Gasteiger partial charge in [0.05, 0.1) is 21.3 Å². The largest absolute Gasteiger partial charge is 0.439 e. The highest BCUT2D eigenvalue weighted by Gasteiger charge is 2.21. The van der Waals surface area contributed by atoms with Crippen LogP contribution in [0.1, 0.15) is 0 Å². The fraction of sp³-hybridized carbons (Fsp3) is 0. The molecule has 0 aliphatic heterocycles. The molecule has 58 heavy (non-hydrogen) atoms. The van der Waals surface area contributed by atoms with E-state index in [2.05, 4.69) is 210 Å². The van der Waals surface area contributed by atoms with Crippen molar-refractivity contribution in [3.8, 4) is 27.9 Å². The van der Waals surface area contributed by atoms with Crippen LogP contribution in [0.15, 0.2) is 211 Å². The van der Waals surface area contributed by atoms with Gasteiger partial charge in [-0.05, 0) is 99.8 Å². The van der Waals surface area contributed by atoms with Gasteiger partial charge in [0.1, 0.15) is 5.58 Å². The number of furan rings is 1. The quantitative estimate of drug-likeness (QED) is 0.168. The van der Waals surface area contributed by atoms with Crippen molar-refractivity contribution in [1.82, 2.24) is 4.57 Å². The summed E-state index contributed by atoms with van der Waals surface area (Å²) in [6.45, 7) is 0. The Morgan fingerprint density at radius 3 is 1.91 bits per heavy atom. The lowest BCUT2D eigenvalue weighted by atomic mass is 9.98. The lowest BCUT2D eigenvalue weighted by Gasteiger charge is -2.26. The topological polar surface area (TPSA) is 21.3 Å². The van der Waals surface area contributed by atoms with Crippen molar-refractivity contribution in [1.29, 1.82) is 0 Å². The monoisotopic (exact) mass is 758 g/mol. The first-order chi connectivity index (χ1) is 28.8. The van der Waals surface area contributed by atoms with Crippen molar-refractivity contribution >= 4 is 92.3 Å². The first-order valence-corrected chi connectivity index (χ1v) is 20.5. The third kappa shape index (κ3) is 5.12. The number of fused-ring (bicyclic) bond motifs is 9. The minimum absolute atomic E-state index is 0.868. The van der Waals surface area contributed by atoms with E-state index in [0.717, 1.165) is 55.8 Å². The Kier molecular flexibility index (Phi) is 7.40. The molecule has 0 bridgehead atoms. The molecule has 0 fully saturated rings. The molecule has 0 unspecified atom stereocenters. The van der Waals surface area contributed by atoms with Gasteiger partial charge in [-0.2, -0.15) is 0 Å². The standard InChI is InChI=1S/C54H34N2OS/c1-2-14-39(15-3-1)56-48-33-28-38(34-47(48)52-46-18-6-8-22-50(46)57-54(52)56)35-24-29-40(30-25-35)55(49-21-11-20-45-44-17-7-9-23-51(44)58-53(45)49)41-31-26-37(27-32-41)43-19-10-13-36-12-4-5-16-42(36)43/h1-34H. The smallest absolute Gasteiger partial charge is 0.213 e. The minimum atomic E-state index is 0.868. The zero-order valence-corrected chi connectivity index (χ0v) is 32.2. The molecule has 3 heterocycles. The number of para-hydroxylation sites is 2. The highest BCUT2D eigenvalue weighted by molar-refractivity contribution is 7.26. The number of nitrogens with zero attached hydrogens (tertiary/aromatic N) is 2. The predicted octanol–water partition coefficient (Wildman–Crippen LogP) is 15.9. The van der Waals surface area contributed by atoms with Crippen LogP contribution in [0.2, 0.25) is 0 Å². The second-order valence-electron chi connectivity index (χ2n) is 14.9. The Hall–Kier alpha value is -7.40. The van der Waals surface area contributed by atoms with Crippen LogP contribution >= 0.6 is 11.3 Å². The lowest BCUT2D eigenvalue weighted by Crippen LogP contribution is -2.10. The number of rotatable bonds is 6. The van der Waals surface area contributed by atoms with Gasteiger partial charge in [0.2, 0.25) is 5.71 Å². The van der Waals surface area contributed by atoms with Crippen molar-refractivity contribution in [2.75, 3.05) is 4.90 Å². The normalized spacial score (nSPS) is 11.8. The highest BCUT2D eigenvalue weighted by atomic mass is 32.1. The molecule has 0 saturated carbocycles. The first kappa shape index (κ1) is 32.8. The van der Waals surface area contributed by atoms with Gasteiger partial charge >= 0.3 is 0 Å². The molecule has 12 aromatic rings. The molecule has 4 heteroatoms. The van der Waals surface area contributed by atoms with Crippen molar-refractivity contribution in [3.05, 3.63) is 206 Å². The Labute approximate surface area is 338 Å². The first-order valence-electron chi connectivity index (χ1n) is 19.7. The summed E-state index contributed by atoms with van der Waals surface area (Å²) >= 11 is 1.86. The Morgan fingerprint density at radius 1 is 0.448 bits per heavy atom. The van der Waals surface area contributed by atoms with Crippen LogP contribution < -0.4 is 4.90 Å². The van der Waals surface area contributed by atoms with Crippen molar-refractivity contribution in [2.45, 2.75) is 0 Å². The number of thiophene rings is 1. The van der Waals surface area contributed by atoms with Crippen LogP contribution in [-0.2, 0) is 0 Å². The lowest BCUT2D eigenvalue weighted by molar-refractivity contribution is 0.645. The average molecular weight is 759 g/mol. The van der Waals surface area contributed by atoms with Crippen LogP contribution in [0.4, 0.5) is 17.1 Å². The van der Waals surface area contributed by atoms with E-state index < -0.39 is 0 Å². The maximum Gasteiger partial charge on any atom is 0.213 e. The summed E-state index contributed by atoms with van der Waals surface area (Å²) in [6, 6.07) is 74.4. The van der Waals surface area contributed by atoms with E-state index in [0.29, 0.717) is 0 Å². The molecule has 3 aromatic heterocycles. The Balaban J connectivity index is 0.996. The van der Waals surface area contributed by atoms with E-state index >= 15 is 0 Å². The summed E-state index contributed by atoms with van der Waals surface area (Å²) in [5.74, 6) is 0. The summed E-state index contributed by atoms with van der Waals surface area (Å²) in [4.78, 5) is 2.42. The minimum Gasteiger partial charge on any atom is -0.439 e. The molecule has 0 radical (unpaired) electrons. The fourth-order valence-corrected chi connectivity index (χ4v) is 10.1. The molecule has 3 nitrogen and oxygen atoms in total. The van der Waals surface area contributed by atoms with E-state index in [4.69, 9.17) is 4.42 Å². The zero-order valence-electron chi connectivity index (χ0n) is 31.3. The molecule has 0 N–H and O–H groups in total. The van der Waals surface area contributed by atoms with Gasteiger partial charge < -0.3 is 9.32 Å². The van der Waals surface area contributed by atoms with E-state index in [9.17, 15) is 0 Å². The van der Waals surface area contributed by atoms with Gasteiger partial charge in [-0.3, -0.25) is 4.57 Å². The molecule has 0 saturated heterocycles. The molecule has 0 atom stereocenters. The van der Waals surface area contributed by atoms with Gasteiger partial charge in [0.15, 0.2) is 0 Å². The second kappa shape index (κ2) is 13.1. The number of aromatic nitrogens is 1. The van der Waals surface area contributed by atoms with Crippen LogP contribution in [0, 0.1) is 0 Å². The molecule has 0 aliphatic rings. The van der Waals surface area contributed by atoms with Crippen molar-refractivity contribution < 1.29 is 4.42 Å². The summed E-state index contributed by atoms with van der Waals surface area (Å²) in [5, 5.41) is 8.52. The highest BCUT2D eigenvalue weighted by Crippen LogP contribution is 2.46. The van der Waals surface area contributed by atoms with Crippen LogP contribution in [-0.4, -0.2) is 4.57 Å². The zero-order chi connectivity index (χ0) is 38.2. The van der Waals surface area contributed by atoms with Crippen molar-refractivity contribution in [2.24, 2.45) is 0 Å². The maximum absolute atomic E-state index is 6.55. The van der Waals surface area contributed by atoms with Crippen molar-refractivity contribution in [3.63, 3.8) is 0 Å². The van der Waals surface area contributed by atoms with Gasteiger partial charge in [-0.1, -0.05) is 140 Å². The van der Waals surface area contributed by atoms with Crippen LogP contribution in [0.5, 0.6) is 0 Å². The molecule has 0 amide bonds. The fourth-order valence-electron chi connectivity index (χ4n) is 8.91. The summed E-state index contributed by atoms with van der Waals surface area (Å²) in [6.07, 6.45) is 0. The number of hydrogen-bond acceptors (Lipinski definition) is 3. The second-order valence-corrected chi connectivity index (χ2v) is 15.9. The number of anilines is 3. The van der Waals surface area contributed by atoms with Crippen LogP contribution in [0.3, 0.4) is 0 Å². The third-order valence-corrected chi connectivity index (χ3v) is 12.8. The molecule has 9 aromatic carbocycles. The predicted molar refractivity (Wildman–Crippen MR) is 247 cm³/mol. The van der Waals surface area contributed by atoms with E-state index in [1.165, 1.54) is 53.1 Å². The van der Waals surface area contributed by atoms with E-state index in [1.807, 2.05) is 17.4 Å². The number of benzene rings is 9.